The van der Waals surface area contributed by atoms with Gasteiger partial charge in [0.1, 0.15) is 6.61 Å². The molecule has 2 aliphatic rings. The van der Waals surface area contributed by atoms with Gasteiger partial charge in [-0.2, -0.15) is 0 Å². The van der Waals surface area contributed by atoms with Crippen molar-refractivity contribution < 1.29 is 14.6 Å². The molecule has 1 amide bonds. The number of ether oxygens (including phenoxy) is 1. The first-order valence-corrected chi connectivity index (χ1v) is 6.90. The highest BCUT2D eigenvalue weighted by molar-refractivity contribution is 5.78. The van der Waals surface area contributed by atoms with Crippen LogP contribution in [-0.4, -0.2) is 60.4 Å². The van der Waals surface area contributed by atoms with Gasteiger partial charge in [-0.25, -0.2) is 0 Å². The molecule has 5 heteroatoms. The quantitative estimate of drug-likeness (QED) is 0.679. The first-order chi connectivity index (χ1) is 8.64. The van der Waals surface area contributed by atoms with Crippen molar-refractivity contribution >= 4 is 5.91 Å². The van der Waals surface area contributed by atoms with Crippen LogP contribution < -0.4 is 5.32 Å². The van der Waals surface area contributed by atoms with E-state index in [1.54, 1.807) is 0 Å². The number of rotatable bonds is 7. The van der Waals surface area contributed by atoms with Crippen molar-refractivity contribution in [3.8, 4) is 0 Å². The molecule has 0 aromatic carbocycles. The third-order valence-electron chi connectivity index (χ3n) is 3.93. The first-order valence-electron chi connectivity index (χ1n) is 6.90. The maximum absolute atomic E-state index is 12.2. The molecule has 0 atom stereocenters. The molecule has 1 saturated carbocycles. The molecule has 0 radical (unpaired) electrons. The molecule has 0 unspecified atom stereocenters. The van der Waals surface area contributed by atoms with Crippen LogP contribution in [0.5, 0.6) is 0 Å². The smallest absolute Gasteiger partial charge is 0.248 e. The van der Waals surface area contributed by atoms with Gasteiger partial charge in [-0.15, -0.1) is 0 Å². The van der Waals surface area contributed by atoms with Gasteiger partial charge in [-0.1, -0.05) is 0 Å². The summed E-state index contributed by atoms with van der Waals surface area (Å²) in [7, 11) is 0. The molecule has 1 heterocycles. The number of hydrogen-bond acceptors (Lipinski definition) is 4. The molecule has 5 nitrogen and oxygen atoms in total. The number of hydrogen-bond donors (Lipinski definition) is 2. The lowest BCUT2D eigenvalue weighted by Gasteiger charge is -2.41. The average molecular weight is 256 g/mol. The van der Waals surface area contributed by atoms with E-state index in [9.17, 15) is 4.79 Å². The largest absolute Gasteiger partial charge is 0.396 e. The van der Waals surface area contributed by atoms with Crippen molar-refractivity contribution in [2.24, 2.45) is 0 Å². The van der Waals surface area contributed by atoms with Crippen LogP contribution in [0.2, 0.25) is 0 Å². The van der Waals surface area contributed by atoms with Crippen LogP contribution in [0.1, 0.15) is 32.6 Å². The Morgan fingerprint density at radius 1 is 1.50 bits per heavy atom. The number of aliphatic hydroxyl groups excluding tert-OH is 1. The molecular formula is C13H24N2O3. The lowest BCUT2D eigenvalue weighted by molar-refractivity contribution is -0.150. The van der Waals surface area contributed by atoms with E-state index in [4.69, 9.17) is 9.84 Å². The molecule has 0 aromatic heterocycles. The highest BCUT2D eigenvalue weighted by atomic mass is 16.5. The van der Waals surface area contributed by atoms with Gasteiger partial charge < -0.3 is 20.1 Å². The fourth-order valence-electron chi connectivity index (χ4n) is 2.35. The Morgan fingerprint density at radius 2 is 2.22 bits per heavy atom. The molecule has 1 aliphatic heterocycles. The molecule has 1 aliphatic carbocycles. The fourth-order valence-corrected chi connectivity index (χ4v) is 2.35. The number of nitrogens with one attached hydrogen (secondary N) is 1. The molecule has 18 heavy (non-hydrogen) atoms. The summed E-state index contributed by atoms with van der Waals surface area (Å²) < 4.78 is 5.69. The molecule has 2 fully saturated rings. The van der Waals surface area contributed by atoms with Crippen LogP contribution in [0.4, 0.5) is 0 Å². The first kappa shape index (κ1) is 13.8. The van der Waals surface area contributed by atoms with Gasteiger partial charge in [0.05, 0.1) is 5.60 Å². The summed E-state index contributed by atoms with van der Waals surface area (Å²) in [5, 5.41) is 12.0. The van der Waals surface area contributed by atoms with E-state index in [1.165, 1.54) is 6.42 Å². The van der Waals surface area contributed by atoms with Gasteiger partial charge in [0.15, 0.2) is 0 Å². The molecule has 0 bridgehead atoms. The number of aliphatic hydroxyl groups is 1. The van der Waals surface area contributed by atoms with E-state index < -0.39 is 0 Å². The summed E-state index contributed by atoms with van der Waals surface area (Å²) in [5.41, 5.74) is -0.169. The fraction of sp³-hybridized carbons (Fsp3) is 0.923. The van der Waals surface area contributed by atoms with Crippen LogP contribution in [0, 0.1) is 0 Å². The summed E-state index contributed by atoms with van der Waals surface area (Å²) >= 11 is 0. The summed E-state index contributed by atoms with van der Waals surface area (Å²) in [6, 6.07) is 0.375. The Hall–Kier alpha value is -0.650. The van der Waals surface area contributed by atoms with Crippen LogP contribution in [0.15, 0.2) is 0 Å². The third kappa shape index (κ3) is 3.22. The van der Waals surface area contributed by atoms with Crippen LogP contribution in [0.25, 0.3) is 0 Å². The topological polar surface area (TPSA) is 61.8 Å². The Kier molecular flexibility index (Phi) is 4.59. The summed E-state index contributed by atoms with van der Waals surface area (Å²) in [5.74, 6) is 0.0706. The van der Waals surface area contributed by atoms with Gasteiger partial charge >= 0.3 is 0 Å². The zero-order chi connectivity index (χ0) is 13.0. The van der Waals surface area contributed by atoms with Crippen molar-refractivity contribution in [1.82, 2.24) is 10.2 Å². The minimum absolute atomic E-state index is 0.0706. The van der Waals surface area contributed by atoms with Crippen molar-refractivity contribution in [1.29, 1.82) is 0 Å². The number of carbonyl (C=O) groups excluding carboxylic acids is 1. The maximum atomic E-state index is 12.2. The van der Waals surface area contributed by atoms with Gasteiger partial charge in [0.25, 0.3) is 0 Å². The highest BCUT2D eigenvalue weighted by Gasteiger charge is 2.35. The zero-order valence-electron chi connectivity index (χ0n) is 11.2. The van der Waals surface area contributed by atoms with Gasteiger partial charge in [0, 0.05) is 32.3 Å². The Labute approximate surface area is 108 Å². The van der Waals surface area contributed by atoms with E-state index in [0.717, 1.165) is 25.9 Å². The third-order valence-corrected chi connectivity index (χ3v) is 3.93. The minimum Gasteiger partial charge on any atom is -0.396 e. The van der Waals surface area contributed by atoms with Gasteiger partial charge in [-0.05, 0) is 32.6 Å². The van der Waals surface area contributed by atoms with Crippen LogP contribution in [-0.2, 0) is 9.53 Å². The van der Waals surface area contributed by atoms with E-state index in [0.29, 0.717) is 19.0 Å². The van der Waals surface area contributed by atoms with Gasteiger partial charge in [0.2, 0.25) is 5.91 Å². The minimum atomic E-state index is -0.169. The van der Waals surface area contributed by atoms with Gasteiger partial charge in [-0.3, -0.25) is 4.79 Å². The second-order valence-electron chi connectivity index (χ2n) is 5.59. The van der Waals surface area contributed by atoms with Crippen molar-refractivity contribution in [3.05, 3.63) is 0 Å². The normalized spacial score (nSPS) is 22.1. The standard InChI is InChI=1S/C13H24N2O3/c1-13(9-14-10-13)18-8-12(17)15(6-3-7-16)11-4-2-5-11/h11,14,16H,2-10H2,1H3. The number of carbonyl (C=O) groups is 1. The van der Waals surface area contributed by atoms with E-state index in [2.05, 4.69) is 5.32 Å². The van der Waals surface area contributed by atoms with Crippen molar-refractivity contribution in [2.45, 2.75) is 44.2 Å². The summed E-state index contributed by atoms with van der Waals surface area (Å²) in [6.07, 6.45) is 4.04. The lowest BCUT2D eigenvalue weighted by atomic mass is 9.91. The Bertz CT molecular complexity index is 288. The molecule has 104 valence electrons. The lowest BCUT2D eigenvalue weighted by Crippen LogP contribution is -2.60. The molecule has 1 saturated heterocycles. The maximum Gasteiger partial charge on any atom is 0.248 e. The zero-order valence-corrected chi connectivity index (χ0v) is 11.2. The van der Waals surface area contributed by atoms with E-state index >= 15 is 0 Å². The van der Waals surface area contributed by atoms with Crippen molar-refractivity contribution in [3.63, 3.8) is 0 Å². The van der Waals surface area contributed by atoms with Crippen molar-refractivity contribution in [2.75, 3.05) is 32.8 Å². The molecule has 2 rings (SSSR count). The van der Waals surface area contributed by atoms with E-state index in [-0.39, 0.29) is 24.7 Å². The average Bonchev–Trinajstić information content (AvgIpc) is 2.26. The predicted molar refractivity (Wildman–Crippen MR) is 68.3 cm³/mol. The Morgan fingerprint density at radius 3 is 2.67 bits per heavy atom. The molecule has 2 N–H and O–H groups in total. The highest BCUT2D eigenvalue weighted by Crippen LogP contribution is 2.25. The second kappa shape index (κ2) is 5.99. The summed E-state index contributed by atoms with van der Waals surface area (Å²) in [6.45, 7) is 4.62. The molecular weight excluding hydrogens is 232 g/mol. The molecule has 0 aromatic rings. The molecule has 0 spiro atoms. The number of amides is 1. The van der Waals surface area contributed by atoms with Crippen LogP contribution in [0.3, 0.4) is 0 Å². The second-order valence-corrected chi connectivity index (χ2v) is 5.59. The monoisotopic (exact) mass is 256 g/mol. The van der Waals surface area contributed by atoms with Crippen LogP contribution >= 0.6 is 0 Å². The summed E-state index contributed by atoms with van der Waals surface area (Å²) in [4.78, 5) is 14.1. The predicted octanol–water partition coefficient (Wildman–Crippen LogP) is 0.128. The number of nitrogens with zero attached hydrogens (tertiary/aromatic N) is 1. The van der Waals surface area contributed by atoms with E-state index in [1.807, 2.05) is 11.8 Å². The SMILES string of the molecule is CC1(OCC(=O)N(CCCO)C2CCC2)CNC1. The Balaban J connectivity index is 1.78.